The molecule has 1 aromatic carbocycles. The standard InChI is InChI=1S/C12H14N2O2/c1-8-9(2)13-14(3)12(8)16-11-6-4-10(15)5-7-11/h4-7,15H,1-3H3. The average Bonchev–Trinajstić information content (AvgIpc) is 2.48. The molecule has 0 spiro atoms. The van der Waals surface area contributed by atoms with Crippen molar-refractivity contribution in [3.8, 4) is 17.4 Å². The number of ether oxygens (including phenoxy) is 1. The third kappa shape index (κ3) is 1.86. The summed E-state index contributed by atoms with van der Waals surface area (Å²) in [6, 6.07) is 6.62. The van der Waals surface area contributed by atoms with Crippen LogP contribution in [0.1, 0.15) is 11.3 Å². The number of aryl methyl sites for hydroxylation is 2. The van der Waals surface area contributed by atoms with E-state index in [1.807, 2.05) is 20.9 Å². The van der Waals surface area contributed by atoms with E-state index in [1.165, 1.54) is 0 Å². The maximum atomic E-state index is 9.16. The Hall–Kier alpha value is -1.97. The van der Waals surface area contributed by atoms with Crippen molar-refractivity contribution in [3.63, 3.8) is 0 Å². The third-order valence-electron chi connectivity index (χ3n) is 2.51. The Labute approximate surface area is 94.1 Å². The lowest BCUT2D eigenvalue weighted by Gasteiger charge is -2.06. The molecule has 0 saturated heterocycles. The number of aromatic hydroxyl groups is 1. The quantitative estimate of drug-likeness (QED) is 0.842. The fourth-order valence-electron chi connectivity index (χ4n) is 1.51. The first-order valence-electron chi connectivity index (χ1n) is 5.05. The van der Waals surface area contributed by atoms with Gasteiger partial charge in [0.2, 0.25) is 5.88 Å². The third-order valence-corrected chi connectivity index (χ3v) is 2.51. The van der Waals surface area contributed by atoms with Crippen LogP contribution >= 0.6 is 0 Å². The van der Waals surface area contributed by atoms with Gasteiger partial charge in [-0.2, -0.15) is 5.10 Å². The normalized spacial score (nSPS) is 10.4. The van der Waals surface area contributed by atoms with E-state index in [4.69, 9.17) is 9.84 Å². The van der Waals surface area contributed by atoms with E-state index in [-0.39, 0.29) is 5.75 Å². The van der Waals surface area contributed by atoms with Crippen LogP contribution in [0.3, 0.4) is 0 Å². The lowest BCUT2D eigenvalue weighted by Crippen LogP contribution is -1.95. The Kier molecular flexibility index (Phi) is 2.56. The molecule has 4 nitrogen and oxygen atoms in total. The summed E-state index contributed by atoms with van der Waals surface area (Å²) in [6.45, 7) is 3.91. The molecule has 0 bridgehead atoms. The highest BCUT2D eigenvalue weighted by Gasteiger charge is 2.10. The van der Waals surface area contributed by atoms with Crippen LogP contribution in [-0.4, -0.2) is 14.9 Å². The zero-order chi connectivity index (χ0) is 11.7. The van der Waals surface area contributed by atoms with Gasteiger partial charge in [0.05, 0.1) is 5.69 Å². The number of aromatic nitrogens is 2. The second-order valence-corrected chi connectivity index (χ2v) is 3.74. The highest BCUT2D eigenvalue weighted by Crippen LogP contribution is 2.27. The molecule has 84 valence electrons. The average molecular weight is 218 g/mol. The zero-order valence-corrected chi connectivity index (χ0v) is 9.56. The number of hydrogen-bond donors (Lipinski definition) is 1. The molecule has 0 aliphatic heterocycles. The van der Waals surface area contributed by atoms with E-state index >= 15 is 0 Å². The number of hydrogen-bond acceptors (Lipinski definition) is 3. The van der Waals surface area contributed by atoms with Crippen LogP contribution in [0.2, 0.25) is 0 Å². The second-order valence-electron chi connectivity index (χ2n) is 3.74. The van der Waals surface area contributed by atoms with Crippen molar-refractivity contribution >= 4 is 0 Å². The molecule has 1 aromatic heterocycles. The summed E-state index contributed by atoms with van der Waals surface area (Å²) in [7, 11) is 1.84. The Morgan fingerprint density at radius 3 is 2.31 bits per heavy atom. The second kappa shape index (κ2) is 3.89. The molecule has 0 amide bonds. The lowest BCUT2D eigenvalue weighted by molar-refractivity contribution is 0.425. The van der Waals surface area contributed by atoms with Crippen LogP contribution in [0.25, 0.3) is 0 Å². The predicted molar refractivity (Wildman–Crippen MR) is 60.9 cm³/mol. The number of benzene rings is 1. The first kappa shape index (κ1) is 10.5. The maximum Gasteiger partial charge on any atom is 0.220 e. The van der Waals surface area contributed by atoms with Gasteiger partial charge < -0.3 is 9.84 Å². The van der Waals surface area contributed by atoms with E-state index in [1.54, 1.807) is 28.9 Å². The van der Waals surface area contributed by atoms with Gasteiger partial charge in [-0.1, -0.05) is 0 Å². The van der Waals surface area contributed by atoms with E-state index in [9.17, 15) is 0 Å². The molecule has 0 saturated carbocycles. The van der Waals surface area contributed by atoms with Crippen molar-refractivity contribution in [2.75, 3.05) is 0 Å². The number of nitrogens with zero attached hydrogens (tertiary/aromatic N) is 2. The summed E-state index contributed by atoms with van der Waals surface area (Å²) in [5.41, 5.74) is 1.98. The van der Waals surface area contributed by atoms with Crippen LogP contribution in [0.5, 0.6) is 17.4 Å². The molecule has 0 atom stereocenters. The van der Waals surface area contributed by atoms with Crippen molar-refractivity contribution < 1.29 is 9.84 Å². The minimum atomic E-state index is 0.227. The van der Waals surface area contributed by atoms with Crippen molar-refractivity contribution in [1.82, 2.24) is 9.78 Å². The summed E-state index contributed by atoms with van der Waals surface area (Å²) in [6.07, 6.45) is 0. The van der Waals surface area contributed by atoms with Gasteiger partial charge in [0, 0.05) is 12.6 Å². The van der Waals surface area contributed by atoms with E-state index in [0.717, 1.165) is 17.1 Å². The first-order valence-corrected chi connectivity index (χ1v) is 5.05. The molecular weight excluding hydrogens is 204 g/mol. The zero-order valence-electron chi connectivity index (χ0n) is 9.56. The van der Waals surface area contributed by atoms with Crippen LogP contribution in [0.15, 0.2) is 24.3 Å². The molecule has 1 heterocycles. The van der Waals surface area contributed by atoms with Gasteiger partial charge in [-0.15, -0.1) is 0 Å². The molecule has 4 heteroatoms. The van der Waals surface area contributed by atoms with Gasteiger partial charge in [0.15, 0.2) is 0 Å². The van der Waals surface area contributed by atoms with E-state index in [0.29, 0.717) is 5.75 Å². The fourth-order valence-corrected chi connectivity index (χ4v) is 1.51. The van der Waals surface area contributed by atoms with Gasteiger partial charge in [-0.3, -0.25) is 0 Å². The van der Waals surface area contributed by atoms with Gasteiger partial charge in [-0.25, -0.2) is 4.68 Å². The van der Waals surface area contributed by atoms with Crippen LogP contribution in [-0.2, 0) is 7.05 Å². The topological polar surface area (TPSA) is 47.3 Å². The van der Waals surface area contributed by atoms with Crippen LogP contribution < -0.4 is 4.74 Å². The van der Waals surface area contributed by atoms with Crippen molar-refractivity contribution in [3.05, 3.63) is 35.5 Å². The molecule has 0 aliphatic rings. The molecular formula is C12H14N2O2. The van der Waals surface area contributed by atoms with Gasteiger partial charge in [-0.05, 0) is 38.1 Å². The maximum absolute atomic E-state index is 9.16. The predicted octanol–water partition coefficient (Wildman–Crippen LogP) is 2.53. The summed E-state index contributed by atoms with van der Waals surface area (Å²) in [4.78, 5) is 0. The summed E-state index contributed by atoms with van der Waals surface area (Å²) >= 11 is 0. The lowest BCUT2D eigenvalue weighted by atomic mass is 10.3. The Balaban J connectivity index is 2.30. The molecule has 2 aromatic rings. The minimum absolute atomic E-state index is 0.227. The molecule has 16 heavy (non-hydrogen) atoms. The van der Waals surface area contributed by atoms with Crippen molar-refractivity contribution in [2.45, 2.75) is 13.8 Å². The molecule has 0 unspecified atom stereocenters. The van der Waals surface area contributed by atoms with Crippen LogP contribution in [0, 0.1) is 13.8 Å². The Morgan fingerprint density at radius 1 is 1.19 bits per heavy atom. The highest BCUT2D eigenvalue weighted by molar-refractivity contribution is 5.36. The first-order chi connectivity index (χ1) is 7.58. The van der Waals surface area contributed by atoms with Gasteiger partial charge in [0.1, 0.15) is 11.5 Å². The number of rotatable bonds is 2. The van der Waals surface area contributed by atoms with Gasteiger partial charge in [0.25, 0.3) is 0 Å². The largest absolute Gasteiger partial charge is 0.508 e. The van der Waals surface area contributed by atoms with Gasteiger partial charge >= 0.3 is 0 Å². The SMILES string of the molecule is Cc1nn(C)c(Oc2ccc(O)cc2)c1C. The minimum Gasteiger partial charge on any atom is -0.508 e. The highest BCUT2D eigenvalue weighted by atomic mass is 16.5. The summed E-state index contributed by atoms with van der Waals surface area (Å²) in [5.74, 6) is 1.64. The smallest absolute Gasteiger partial charge is 0.220 e. The molecule has 0 radical (unpaired) electrons. The molecule has 2 rings (SSSR count). The van der Waals surface area contributed by atoms with E-state index in [2.05, 4.69) is 5.10 Å². The van der Waals surface area contributed by atoms with E-state index < -0.39 is 0 Å². The Bertz CT molecular complexity index is 500. The van der Waals surface area contributed by atoms with Crippen molar-refractivity contribution in [2.24, 2.45) is 7.05 Å². The summed E-state index contributed by atoms with van der Waals surface area (Å²) < 4.78 is 7.41. The molecule has 1 N–H and O–H groups in total. The van der Waals surface area contributed by atoms with Crippen LogP contribution in [0.4, 0.5) is 0 Å². The number of phenolic OH excluding ortho intramolecular Hbond substituents is 1. The fraction of sp³-hybridized carbons (Fsp3) is 0.250. The monoisotopic (exact) mass is 218 g/mol. The summed E-state index contributed by atoms with van der Waals surface area (Å²) in [5, 5.41) is 13.4. The number of phenols is 1. The molecule has 0 aliphatic carbocycles. The van der Waals surface area contributed by atoms with Crippen molar-refractivity contribution in [1.29, 1.82) is 0 Å². The Morgan fingerprint density at radius 2 is 1.81 bits per heavy atom. The molecule has 0 fully saturated rings.